The van der Waals surface area contributed by atoms with Gasteiger partial charge in [-0.3, -0.25) is 0 Å². The number of aliphatic hydroxyl groups is 2. The molecule has 0 saturated carbocycles. The van der Waals surface area contributed by atoms with Gasteiger partial charge in [0.05, 0.1) is 14.0 Å². The van der Waals surface area contributed by atoms with E-state index in [4.69, 9.17) is 13.0 Å². The fourth-order valence-electron chi connectivity index (χ4n) is 1.21. The van der Waals surface area contributed by atoms with E-state index in [1.165, 1.54) is 0 Å². The molecule has 2 atom stereocenters. The summed E-state index contributed by atoms with van der Waals surface area (Å²) in [6.45, 7) is 2.11. The highest BCUT2D eigenvalue weighted by atomic mass is 16.3. The molecule has 0 amide bonds. The van der Waals surface area contributed by atoms with E-state index in [-0.39, 0.29) is 12.5 Å². The summed E-state index contributed by atoms with van der Waals surface area (Å²) in [6, 6.07) is 0. The summed E-state index contributed by atoms with van der Waals surface area (Å²) in [5.74, 6) is 0.159. The molecule has 11 heavy (non-hydrogen) atoms. The molecule has 0 aromatic carbocycles. The Morgan fingerprint density at radius 3 is 2.36 bits per heavy atom. The van der Waals surface area contributed by atoms with E-state index >= 15 is 0 Å². The molecule has 0 fully saturated rings. The fourth-order valence-corrected chi connectivity index (χ4v) is 1.21. The Morgan fingerprint density at radius 2 is 2.00 bits per heavy atom. The minimum absolute atomic E-state index is 0.0430. The summed E-state index contributed by atoms with van der Waals surface area (Å²) < 4.78 is 0. The molecule has 0 aliphatic heterocycles. The molecule has 2 N–H and O–H groups in total. The maximum atomic E-state index is 9.40. The zero-order valence-corrected chi connectivity index (χ0v) is 7.16. The van der Waals surface area contributed by atoms with Crippen LogP contribution in [0, 0.1) is 5.92 Å². The van der Waals surface area contributed by atoms with E-state index < -0.39 is 6.10 Å². The van der Waals surface area contributed by atoms with Crippen LogP contribution in [0.15, 0.2) is 0 Å². The van der Waals surface area contributed by atoms with E-state index in [2.05, 4.69) is 6.92 Å². The SMILES string of the molecule is [B]CC(CCC)[C@@H](O)CCO. The van der Waals surface area contributed by atoms with E-state index in [0.29, 0.717) is 12.7 Å². The van der Waals surface area contributed by atoms with Gasteiger partial charge in [0.2, 0.25) is 0 Å². The maximum absolute atomic E-state index is 9.40. The summed E-state index contributed by atoms with van der Waals surface area (Å²) in [4.78, 5) is 0. The second kappa shape index (κ2) is 6.68. The molecular formula is C8H17BO2. The first kappa shape index (κ1) is 11.0. The quantitative estimate of drug-likeness (QED) is 0.556. The standard InChI is InChI=1S/C8H17BO2/c1-2-3-7(6-9)8(11)4-5-10/h7-8,10-11H,2-6H2,1H3/t7?,8-/m0/s1. The third-order valence-electron chi connectivity index (χ3n) is 1.93. The second-order valence-corrected chi connectivity index (χ2v) is 2.86. The van der Waals surface area contributed by atoms with Crippen LogP contribution in [0.5, 0.6) is 0 Å². The van der Waals surface area contributed by atoms with E-state index in [9.17, 15) is 5.11 Å². The molecule has 0 heterocycles. The van der Waals surface area contributed by atoms with Gasteiger partial charge in [-0.15, -0.1) is 0 Å². The zero-order valence-electron chi connectivity index (χ0n) is 7.16. The average molecular weight is 156 g/mol. The Bertz CT molecular complexity index is 88.2. The molecule has 3 heteroatoms. The van der Waals surface area contributed by atoms with Crippen molar-refractivity contribution in [3.05, 3.63) is 0 Å². The Balaban J connectivity index is 3.61. The van der Waals surface area contributed by atoms with Crippen molar-refractivity contribution in [3.8, 4) is 0 Å². The third-order valence-corrected chi connectivity index (χ3v) is 1.93. The van der Waals surface area contributed by atoms with Gasteiger partial charge in [-0.25, -0.2) is 0 Å². The number of aliphatic hydroxyl groups excluding tert-OH is 2. The van der Waals surface area contributed by atoms with Gasteiger partial charge in [0.15, 0.2) is 0 Å². The van der Waals surface area contributed by atoms with Crippen molar-refractivity contribution >= 4 is 7.85 Å². The van der Waals surface area contributed by atoms with E-state index in [1.807, 2.05) is 0 Å². The van der Waals surface area contributed by atoms with Crippen LogP contribution in [-0.4, -0.2) is 30.8 Å². The van der Waals surface area contributed by atoms with Crippen LogP contribution in [0.4, 0.5) is 0 Å². The minimum atomic E-state index is -0.426. The molecule has 64 valence electrons. The molecule has 2 radical (unpaired) electrons. The molecule has 0 spiro atoms. The van der Waals surface area contributed by atoms with Gasteiger partial charge in [-0.1, -0.05) is 19.7 Å². The third kappa shape index (κ3) is 4.43. The lowest BCUT2D eigenvalue weighted by atomic mass is 9.83. The lowest BCUT2D eigenvalue weighted by Gasteiger charge is -2.20. The molecule has 0 bridgehead atoms. The highest BCUT2D eigenvalue weighted by Gasteiger charge is 2.14. The molecule has 0 aliphatic rings. The predicted octanol–water partition coefficient (Wildman–Crippen LogP) is 0.733. The normalized spacial score (nSPS) is 16.3. The molecule has 0 rings (SSSR count). The van der Waals surface area contributed by atoms with Gasteiger partial charge in [-0.05, 0) is 18.8 Å². The summed E-state index contributed by atoms with van der Waals surface area (Å²) in [5, 5.41) is 17.9. The topological polar surface area (TPSA) is 40.5 Å². The van der Waals surface area contributed by atoms with Crippen molar-refractivity contribution in [1.82, 2.24) is 0 Å². The lowest BCUT2D eigenvalue weighted by Crippen LogP contribution is -2.21. The largest absolute Gasteiger partial charge is 0.396 e. The fraction of sp³-hybridized carbons (Fsp3) is 1.00. The molecular weight excluding hydrogens is 139 g/mol. The maximum Gasteiger partial charge on any atom is 0.0658 e. The first-order valence-electron chi connectivity index (χ1n) is 4.25. The summed E-state index contributed by atoms with van der Waals surface area (Å²) in [6.07, 6.45) is 2.50. The minimum Gasteiger partial charge on any atom is -0.396 e. The van der Waals surface area contributed by atoms with Crippen molar-refractivity contribution in [2.45, 2.75) is 38.6 Å². The van der Waals surface area contributed by atoms with Gasteiger partial charge < -0.3 is 10.2 Å². The molecule has 2 nitrogen and oxygen atoms in total. The molecule has 0 aliphatic carbocycles. The van der Waals surface area contributed by atoms with Gasteiger partial charge in [0.25, 0.3) is 0 Å². The van der Waals surface area contributed by atoms with Crippen LogP contribution < -0.4 is 0 Å². The Morgan fingerprint density at radius 1 is 1.36 bits per heavy atom. The van der Waals surface area contributed by atoms with E-state index in [1.54, 1.807) is 0 Å². The number of hydrogen-bond acceptors (Lipinski definition) is 2. The molecule has 0 aromatic heterocycles. The zero-order chi connectivity index (χ0) is 8.69. The highest BCUT2D eigenvalue weighted by Crippen LogP contribution is 2.16. The number of rotatable bonds is 6. The molecule has 0 aromatic rings. The van der Waals surface area contributed by atoms with E-state index in [0.717, 1.165) is 12.8 Å². The Kier molecular flexibility index (Phi) is 6.67. The Hall–Kier alpha value is -0.0151. The van der Waals surface area contributed by atoms with Crippen LogP contribution in [0.25, 0.3) is 0 Å². The van der Waals surface area contributed by atoms with Crippen molar-refractivity contribution in [2.75, 3.05) is 6.61 Å². The predicted molar refractivity (Wildman–Crippen MR) is 46.7 cm³/mol. The smallest absolute Gasteiger partial charge is 0.0658 e. The molecule has 1 unspecified atom stereocenters. The van der Waals surface area contributed by atoms with Crippen LogP contribution in [0.3, 0.4) is 0 Å². The first-order chi connectivity index (χ1) is 5.26. The van der Waals surface area contributed by atoms with Gasteiger partial charge in [0.1, 0.15) is 0 Å². The van der Waals surface area contributed by atoms with Crippen molar-refractivity contribution < 1.29 is 10.2 Å². The lowest BCUT2D eigenvalue weighted by molar-refractivity contribution is 0.0822. The van der Waals surface area contributed by atoms with Gasteiger partial charge in [-0.2, -0.15) is 0 Å². The van der Waals surface area contributed by atoms with Crippen LogP contribution in [-0.2, 0) is 0 Å². The van der Waals surface area contributed by atoms with Crippen molar-refractivity contribution in [2.24, 2.45) is 5.92 Å². The monoisotopic (exact) mass is 156 g/mol. The van der Waals surface area contributed by atoms with Crippen molar-refractivity contribution in [3.63, 3.8) is 0 Å². The summed E-state index contributed by atoms with van der Waals surface area (Å²) in [7, 11) is 5.45. The van der Waals surface area contributed by atoms with Crippen LogP contribution in [0.2, 0.25) is 6.32 Å². The summed E-state index contributed by atoms with van der Waals surface area (Å²) >= 11 is 0. The van der Waals surface area contributed by atoms with Crippen LogP contribution >= 0.6 is 0 Å². The summed E-state index contributed by atoms with van der Waals surface area (Å²) in [5.41, 5.74) is 0. The van der Waals surface area contributed by atoms with Crippen LogP contribution in [0.1, 0.15) is 26.2 Å². The first-order valence-corrected chi connectivity index (χ1v) is 4.25. The van der Waals surface area contributed by atoms with Gasteiger partial charge >= 0.3 is 0 Å². The van der Waals surface area contributed by atoms with Crippen molar-refractivity contribution in [1.29, 1.82) is 0 Å². The second-order valence-electron chi connectivity index (χ2n) is 2.86. The Labute approximate surface area is 70.0 Å². The molecule has 0 saturated heterocycles. The number of hydrogen-bond donors (Lipinski definition) is 2. The van der Waals surface area contributed by atoms with Gasteiger partial charge in [0, 0.05) is 6.61 Å². The average Bonchev–Trinajstić information content (AvgIpc) is 2.00. The highest BCUT2D eigenvalue weighted by molar-refractivity contribution is 6.08.